The van der Waals surface area contributed by atoms with Crippen LogP contribution in [0.25, 0.3) is 10.9 Å². The van der Waals surface area contributed by atoms with Crippen molar-refractivity contribution in [2.45, 2.75) is 26.2 Å². The van der Waals surface area contributed by atoms with Gasteiger partial charge in [0.05, 0.1) is 11.1 Å². The minimum atomic E-state index is -0.203. The van der Waals surface area contributed by atoms with Crippen molar-refractivity contribution in [3.63, 3.8) is 0 Å². The molecule has 1 aromatic heterocycles. The van der Waals surface area contributed by atoms with Gasteiger partial charge in [0.15, 0.2) is 0 Å². The molecule has 1 aliphatic heterocycles. The van der Waals surface area contributed by atoms with E-state index in [9.17, 15) is 9.59 Å². The molecule has 29 heavy (non-hydrogen) atoms. The predicted molar refractivity (Wildman–Crippen MR) is 115 cm³/mol. The molecule has 0 unspecified atom stereocenters. The Balaban J connectivity index is 1.71. The lowest BCUT2D eigenvalue weighted by Gasteiger charge is -2.30. The summed E-state index contributed by atoms with van der Waals surface area (Å²) in [6.45, 7) is 3.55. The fraction of sp³-hybridized carbons (Fsp3) is 0.292. The molecule has 0 spiro atoms. The van der Waals surface area contributed by atoms with Crippen molar-refractivity contribution in [1.29, 1.82) is 0 Å². The molecule has 1 fully saturated rings. The van der Waals surface area contributed by atoms with Gasteiger partial charge in [-0.1, -0.05) is 30.3 Å². The molecule has 4 rings (SSSR count). The van der Waals surface area contributed by atoms with Crippen LogP contribution < -0.4 is 4.90 Å². The molecule has 1 saturated heterocycles. The number of aromatic nitrogens is 1. The third-order valence-corrected chi connectivity index (χ3v) is 5.42. The van der Waals surface area contributed by atoms with E-state index in [1.807, 2.05) is 60.4 Å². The number of rotatable bonds is 4. The summed E-state index contributed by atoms with van der Waals surface area (Å²) in [5.74, 6) is -0.210. The molecule has 148 valence electrons. The summed E-state index contributed by atoms with van der Waals surface area (Å²) in [7, 11) is 0. The first-order valence-corrected chi connectivity index (χ1v) is 10.1. The molecule has 1 aliphatic rings. The number of hydrogen-bond donors (Lipinski definition) is 0. The van der Waals surface area contributed by atoms with Crippen molar-refractivity contribution in [2.75, 3.05) is 24.5 Å². The first kappa shape index (κ1) is 19.1. The molecule has 0 aliphatic carbocycles. The van der Waals surface area contributed by atoms with E-state index in [-0.39, 0.29) is 18.4 Å². The van der Waals surface area contributed by atoms with Crippen LogP contribution in [-0.2, 0) is 4.79 Å². The van der Waals surface area contributed by atoms with Gasteiger partial charge in [-0.25, -0.2) is 0 Å². The van der Waals surface area contributed by atoms with Crippen LogP contribution in [0, 0.1) is 6.92 Å². The fourth-order valence-corrected chi connectivity index (χ4v) is 3.88. The molecule has 2 amide bonds. The highest BCUT2D eigenvalue weighted by Gasteiger charge is 2.26. The molecule has 0 radical (unpaired) electrons. The summed E-state index contributed by atoms with van der Waals surface area (Å²) in [4.78, 5) is 34.5. The van der Waals surface area contributed by atoms with Crippen LogP contribution in [-0.4, -0.2) is 41.3 Å². The second-order valence-electron chi connectivity index (χ2n) is 7.55. The molecule has 2 aromatic carbocycles. The average Bonchev–Trinajstić information content (AvgIpc) is 2.77. The van der Waals surface area contributed by atoms with Gasteiger partial charge in [-0.3, -0.25) is 19.5 Å². The van der Waals surface area contributed by atoms with E-state index in [1.54, 1.807) is 17.2 Å². The number of para-hydroxylation sites is 1. The molecule has 0 atom stereocenters. The summed E-state index contributed by atoms with van der Waals surface area (Å²) in [6.07, 6.45) is 4.90. The summed E-state index contributed by atoms with van der Waals surface area (Å²) in [5.41, 5.74) is 2.94. The fourth-order valence-electron chi connectivity index (χ4n) is 3.88. The van der Waals surface area contributed by atoms with Gasteiger partial charge in [-0.2, -0.15) is 0 Å². The number of amides is 2. The minimum Gasteiger partial charge on any atom is -0.341 e. The summed E-state index contributed by atoms with van der Waals surface area (Å²) >= 11 is 0. The molecule has 3 aromatic rings. The minimum absolute atomic E-state index is 0.00671. The Hall–Kier alpha value is -3.21. The maximum absolute atomic E-state index is 13.6. The topological polar surface area (TPSA) is 53.5 Å². The Morgan fingerprint density at radius 1 is 1.00 bits per heavy atom. The van der Waals surface area contributed by atoms with E-state index in [2.05, 4.69) is 4.98 Å². The molecular weight excluding hydrogens is 362 g/mol. The van der Waals surface area contributed by atoms with Gasteiger partial charge in [-0.15, -0.1) is 0 Å². The van der Waals surface area contributed by atoms with Crippen LogP contribution in [0.1, 0.15) is 35.2 Å². The van der Waals surface area contributed by atoms with Gasteiger partial charge >= 0.3 is 0 Å². The molecule has 5 nitrogen and oxygen atoms in total. The van der Waals surface area contributed by atoms with Crippen LogP contribution in [0.2, 0.25) is 0 Å². The monoisotopic (exact) mass is 387 g/mol. The van der Waals surface area contributed by atoms with Crippen LogP contribution in [0.3, 0.4) is 0 Å². The number of benzene rings is 2. The number of hydrogen-bond acceptors (Lipinski definition) is 3. The van der Waals surface area contributed by atoms with E-state index in [1.165, 1.54) is 0 Å². The average molecular weight is 387 g/mol. The van der Waals surface area contributed by atoms with E-state index in [4.69, 9.17) is 0 Å². The summed E-state index contributed by atoms with van der Waals surface area (Å²) in [6, 6.07) is 17.1. The second-order valence-corrected chi connectivity index (χ2v) is 7.55. The number of nitrogens with zero attached hydrogens (tertiary/aromatic N) is 3. The highest BCUT2D eigenvalue weighted by Crippen LogP contribution is 2.23. The van der Waals surface area contributed by atoms with E-state index >= 15 is 0 Å². The van der Waals surface area contributed by atoms with Crippen LogP contribution >= 0.6 is 0 Å². The highest BCUT2D eigenvalue weighted by molar-refractivity contribution is 6.14. The van der Waals surface area contributed by atoms with Crippen molar-refractivity contribution in [1.82, 2.24) is 9.88 Å². The summed E-state index contributed by atoms with van der Waals surface area (Å²) in [5, 5.41) is 0.907. The quantitative estimate of drug-likeness (QED) is 0.674. The zero-order chi connectivity index (χ0) is 20.2. The Kier molecular flexibility index (Phi) is 5.56. The molecular formula is C24H25N3O2. The van der Waals surface area contributed by atoms with Gasteiger partial charge in [0.25, 0.3) is 5.91 Å². The number of piperidine rings is 1. The standard InChI is InChI=1S/C24H25N3O2/c1-18-8-5-11-20(16-18)27(17-22(28)26-14-3-2-4-15-26)24(29)21-12-6-9-19-10-7-13-25-23(19)21/h5-13,16H,2-4,14-15,17H2,1H3. The van der Waals surface area contributed by atoms with Crippen LogP contribution in [0.15, 0.2) is 60.8 Å². The SMILES string of the molecule is Cc1cccc(N(CC(=O)N2CCCCC2)C(=O)c2cccc3cccnc23)c1. The Morgan fingerprint density at radius 2 is 1.76 bits per heavy atom. The number of carbonyl (C=O) groups is 2. The lowest BCUT2D eigenvalue weighted by Crippen LogP contribution is -2.45. The van der Waals surface area contributed by atoms with Gasteiger partial charge in [0, 0.05) is 30.4 Å². The summed E-state index contributed by atoms with van der Waals surface area (Å²) < 4.78 is 0. The zero-order valence-electron chi connectivity index (χ0n) is 16.7. The smallest absolute Gasteiger partial charge is 0.260 e. The first-order valence-electron chi connectivity index (χ1n) is 10.1. The third kappa shape index (κ3) is 4.14. The predicted octanol–water partition coefficient (Wildman–Crippen LogP) is 4.20. The molecule has 0 N–H and O–H groups in total. The van der Waals surface area contributed by atoms with Gasteiger partial charge in [-0.05, 0) is 56.0 Å². The van der Waals surface area contributed by atoms with E-state index < -0.39 is 0 Å². The zero-order valence-corrected chi connectivity index (χ0v) is 16.7. The second kappa shape index (κ2) is 8.43. The third-order valence-electron chi connectivity index (χ3n) is 5.42. The van der Waals surface area contributed by atoms with Crippen molar-refractivity contribution in [3.8, 4) is 0 Å². The van der Waals surface area contributed by atoms with Crippen molar-refractivity contribution >= 4 is 28.4 Å². The van der Waals surface area contributed by atoms with Crippen molar-refractivity contribution < 1.29 is 9.59 Å². The van der Waals surface area contributed by atoms with Gasteiger partial charge in [0.2, 0.25) is 5.91 Å². The number of likely N-dealkylation sites (tertiary alicyclic amines) is 1. The number of carbonyl (C=O) groups excluding carboxylic acids is 2. The number of anilines is 1. The normalized spacial score (nSPS) is 14.0. The number of pyridine rings is 1. The van der Waals surface area contributed by atoms with Crippen LogP contribution in [0.5, 0.6) is 0 Å². The molecule has 2 heterocycles. The highest BCUT2D eigenvalue weighted by atomic mass is 16.2. The Bertz CT molecular complexity index is 1040. The van der Waals surface area contributed by atoms with Crippen molar-refractivity contribution in [2.24, 2.45) is 0 Å². The lowest BCUT2D eigenvalue weighted by atomic mass is 10.1. The van der Waals surface area contributed by atoms with Crippen LogP contribution in [0.4, 0.5) is 5.69 Å². The molecule has 5 heteroatoms. The van der Waals surface area contributed by atoms with Gasteiger partial charge < -0.3 is 4.90 Å². The largest absolute Gasteiger partial charge is 0.341 e. The van der Waals surface area contributed by atoms with E-state index in [0.717, 1.165) is 49.0 Å². The van der Waals surface area contributed by atoms with Gasteiger partial charge in [0.1, 0.15) is 6.54 Å². The molecule has 0 bridgehead atoms. The van der Waals surface area contributed by atoms with Crippen molar-refractivity contribution in [3.05, 3.63) is 71.9 Å². The molecule has 0 saturated carbocycles. The number of fused-ring (bicyclic) bond motifs is 1. The Labute approximate surface area is 171 Å². The van der Waals surface area contributed by atoms with E-state index in [0.29, 0.717) is 11.1 Å². The maximum atomic E-state index is 13.6. The maximum Gasteiger partial charge on any atom is 0.260 e. The lowest BCUT2D eigenvalue weighted by molar-refractivity contribution is -0.130. The number of aryl methyl sites for hydroxylation is 1. The first-order chi connectivity index (χ1) is 14.1. The Morgan fingerprint density at radius 3 is 2.55 bits per heavy atom.